The Balaban J connectivity index is 1.28. The summed E-state index contributed by atoms with van der Waals surface area (Å²) in [5.74, 6) is 2.02. The van der Waals surface area contributed by atoms with Crippen LogP contribution in [-0.4, -0.2) is 53.5 Å². The number of nitrogens with zero attached hydrogens (tertiary/aromatic N) is 2. The number of aromatic nitrogens is 1. The van der Waals surface area contributed by atoms with E-state index >= 15 is 0 Å². The molecule has 134 valence electrons. The second-order valence-electron chi connectivity index (χ2n) is 6.81. The third kappa shape index (κ3) is 3.80. The fourth-order valence-corrected chi connectivity index (χ4v) is 3.58. The van der Waals surface area contributed by atoms with Gasteiger partial charge in [-0.05, 0) is 43.5 Å². The lowest BCUT2D eigenvalue weighted by molar-refractivity contribution is 0.000648. The Morgan fingerprint density at radius 1 is 1.16 bits per heavy atom. The van der Waals surface area contributed by atoms with Gasteiger partial charge in [-0.25, -0.2) is 0 Å². The van der Waals surface area contributed by atoms with Crippen LogP contribution in [0.4, 0.5) is 0 Å². The van der Waals surface area contributed by atoms with Crippen molar-refractivity contribution in [3.63, 3.8) is 0 Å². The van der Waals surface area contributed by atoms with Crippen LogP contribution in [0.2, 0.25) is 0 Å². The molecule has 2 aliphatic rings. The van der Waals surface area contributed by atoms with Crippen molar-refractivity contribution >= 4 is 5.91 Å². The molecule has 6 heteroatoms. The van der Waals surface area contributed by atoms with E-state index in [0.29, 0.717) is 5.69 Å². The van der Waals surface area contributed by atoms with Gasteiger partial charge in [-0.3, -0.25) is 9.69 Å². The van der Waals surface area contributed by atoms with Gasteiger partial charge < -0.3 is 19.0 Å². The van der Waals surface area contributed by atoms with Gasteiger partial charge in [0.25, 0.3) is 5.91 Å². The predicted molar refractivity (Wildman–Crippen MR) is 93.2 cm³/mol. The van der Waals surface area contributed by atoms with Crippen molar-refractivity contribution in [1.82, 2.24) is 14.8 Å². The maximum absolute atomic E-state index is 12.3. The van der Waals surface area contributed by atoms with Crippen LogP contribution in [0.3, 0.4) is 0 Å². The second-order valence-corrected chi connectivity index (χ2v) is 6.81. The predicted octanol–water partition coefficient (Wildman–Crippen LogP) is 2.81. The molecule has 2 saturated heterocycles. The van der Waals surface area contributed by atoms with Gasteiger partial charge in [-0.2, -0.15) is 0 Å². The lowest BCUT2D eigenvalue weighted by Crippen LogP contribution is -2.48. The van der Waals surface area contributed by atoms with E-state index < -0.39 is 0 Å². The average molecular weight is 343 g/mol. The van der Waals surface area contributed by atoms with E-state index in [1.54, 1.807) is 6.20 Å². The number of ether oxygens (including phenoxy) is 1. The highest BCUT2D eigenvalue weighted by molar-refractivity contribution is 5.92. The lowest BCUT2D eigenvalue weighted by Gasteiger charge is -2.34. The Bertz CT molecular complexity index is 681. The van der Waals surface area contributed by atoms with Crippen molar-refractivity contribution in [3.8, 4) is 0 Å². The monoisotopic (exact) mass is 343 g/mol. The summed E-state index contributed by atoms with van der Waals surface area (Å²) in [7, 11) is 0. The average Bonchev–Trinajstić information content (AvgIpc) is 3.35. The number of piperazine rings is 1. The summed E-state index contributed by atoms with van der Waals surface area (Å²) in [5, 5.41) is 0. The van der Waals surface area contributed by atoms with E-state index in [4.69, 9.17) is 9.15 Å². The summed E-state index contributed by atoms with van der Waals surface area (Å²) < 4.78 is 11.8. The van der Waals surface area contributed by atoms with Crippen LogP contribution in [0, 0.1) is 0 Å². The molecule has 0 spiro atoms. The standard InChI is InChI=1S/C19H25N3O3/c23-19(16-4-3-8-20-16)22-11-9-21(10-12-22)14-15-6-7-18(25-15)17-5-1-2-13-24-17/h3-4,6-8,17,20H,1-2,5,9-14H2/t17-/m0/s1. The second kappa shape index (κ2) is 7.45. The van der Waals surface area contributed by atoms with Crippen LogP contribution in [0.25, 0.3) is 0 Å². The minimum absolute atomic E-state index is 0.0828. The molecule has 2 fully saturated rings. The number of carbonyl (C=O) groups is 1. The van der Waals surface area contributed by atoms with Crippen LogP contribution in [0.1, 0.15) is 47.4 Å². The maximum atomic E-state index is 12.3. The van der Waals surface area contributed by atoms with Gasteiger partial charge >= 0.3 is 0 Å². The molecule has 0 aromatic carbocycles. The first-order chi connectivity index (χ1) is 12.3. The highest BCUT2D eigenvalue weighted by Crippen LogP contribution is 2.29. The molecule has 4 rings (SSSR count). The molecule has 0 aliphatic carbocycles. The normalized spacial score (nSPS) is 22.2. The molecule has 1 atom stereocenters. The third-order valence-electron chi connectivity index (χ3n) is 5.05. The number of amides is 1. The number of furan rings is 1. The molecule has 0 saturated carbocycles. The highest BCUT2D eigenvalue weighted by Gasteiger charge is 2.24. The van der Waals surface area contributed by atoms with Crippen LogP contribution < -0.4 is 0 Å². The number of hydrogen-bond donors (Lipinski definition) is 1. The fourth-order valence-electron chi connectivity index (χ4n) is 3.58. The van der Waals surface area contributed by atoms with E-state index in [9.17, 15) is 4.79 Å². The molecule has 1 N–H and O–H groups in total. The van der Waals surface area contributed by atoms with Crippen molar-refractivity contribution in [2.45, 2.75) is 31.9 Å². The molecule has 2 aromatic rings. The first kappa shape index (κ1) is 16.4. The summed E-state index contributed by atoms with van der Waals surface area (Å²) >= 11 is 0. The topological polar surface area (TPSA) is 61.7 Å². The van der Waals surface area contributed by atoms with E-state index in [-0.39, 0.29) is 12.0 Å². The van der Waals surface area contributed by atoms with E-state index in [1.807, 2.05) is 17.0 Å². The zero-order valence-electron chi connectivity index (χ0n) is 14.4. The van der Waals surface area contributed by atoms with Gasteiger partial charge in [-0.15, -0.1) is 0 Å². The summed E-state index contributed by atoms with van der Waals surface area (Å²) in [6.07, 6.45) is 5.31. The third-order valence-corrected chi connectivity index (χ3v) is 5.05. The Kier molecular flexibility index (Phi) is 4.90. The molecular weight excluding hydrogens is 318 g/mol. The highest BCUT2D eigenvalue weighted by atomic mass is 16.5. The summed E-state index contributed by atoms with van der Waals surface area (Å²) in [6, 6.07) is 7.79. The van der Waals surface area contributed by atoms with E-state index in [2.05, 4.69) is 22.0 Å². The smallest absolute Gasteiger partial charge is 0.270 e. The van der Waals surface area contributed by atoms with Crippen LogP contribution in [0.15, 0.2) is 34.9 Å². The first-order valence-corrected chi connectivity index (χ1v) is 9.15. The zero-order valence-corrected chi connectivity index (χ0v) is 14.4. The van der Waals surface area contributed by atoms with Gasteiger partial charge in [0.2, 0.25) is 0 Å². The van der Waals surface area contributed by atoms with E-state index in [1.165, 1.54) is 6.42 Å². The fraction of sp³-hybridized carbons (Fsp3) is 0.526. The molecule has 6 nitrogen and oxygen atoms in total. The van der Waals surface area contributed by atoms with Gasteiger partial charge in [0.05, 0.1) is 6.54 Å². The number of nitrogens with one attached hydrogen (secondary N) is 1. The number of aromatic amines is 1. The molecule has 0 unspecified atom stereocenters. The van der Waals surface area contributed by atoms with Crippen molar-refractivity contribution in [3.05, 3.63) is 47.7 Å². The van der Waals surface area contributed by atoms with Gasteiger partial charge in [-0.1, -0.05) is 0 Å². The van der Waals surface area contributed by atoms with Crippen molar-refractivity contribution in [2.24, 2.45) is 0 Å². The lowest BCUT2D eigenvalue weighted by atomic mass is 10.1. The molecule has 1 amide bonds. The van der Waals surface area contributed by atoms with Crippen LogP contribution in [0.5, 0.6) is 0 Å². The molecule has 0 radical (unpaired) electrons. The number of carbonyl (C=O) groups excluding carboxylic acids is 1. The van der Waals surface area contributed by atoms with Crippen molar-refractivity contribution < 1.29 is 13.9 Å². The van der Waals surface area contributed by atoms with Crippen LogP contribution >= 0.6 is 0 Å². The summed E-state index contributed by atoms with van der Waals surface area (Å²) in [6.45, 7) is 4.84. The summed E-state index contributed by atoms with van der Waals surface area (Å²) in [5.41, 5.74) is 0.664. The number of hydrogen-bond acceptors (Lipinski definition) is 4. The van der Waals surface area contributed by atoms with Crippen molar-refractivity contribution in [2.75, 3.05) is 32.8 Å². The molecule has 25 heavy (non-hydrogen) atoms. The van der Waals surface area contributed by atoms with Gasteiger partial charge in [0.15, 0.2) is 0 Å². The number of rotatable bonds is 4. The van der Waals surface area contributed by atoms with E-state index in [0.717, 1.165) is 63.7 Å². The minimum Gasteiger partial charge on any atom is -0.462 e. The largest absolute Gasteiger partial charge is 0.462 e. The van der Waals surface area contributed by atoms with Crippen LogP contribution in [-0.2, 0) is 11.3 Å². The zero-order chi connectivity index (χ0) is 17.1. The molecule has 2 aromatic heterocycles. The minimum atomic E-state index is 0.0828. The maximum Gasteiger partial charge on any atom is 0.270 e. The quantitative estimate of drug-likeness (QED) is 0.927. The Hall–Kier alpha value is -2.05. The molecule has 4 heterocycles. The molecule has 2 aliphatic heterocycles. The number of H-pyrrole nitrogens is 1. The first-order valence-electron chi connectivity index (χ1n) is 9.15. The molecule has 0 bridgehead atoms. The van der Waals surface area contributed by atoms with Gasteiger partial charge in [0, 0.05) is 39.0 Å². The van der Waals surface area contributed by atoms with Crippen molar-refractivity contribution in [1.29, 1.82) is 0 Å². The Labute approximate surface area is 147 Å². The Morgan fingerprint density at radius 3 is 2.76 bits per heavy atom. The SMILES string of the molecule is O=C(c1ccc[nH]1)N1CCN(Cc2ccc([C@@H]3CCCCO3)o2)CC1. The Morgan fingerprint density at radius 2 is 2.04 bits per heavy atom. The molecular formula is C19H25N3O3. The summed E-state index contributed by atoms with van der Waals surface area (Å²) in [4.78, 5) is 19.6. The van der Waals surface area contributed by atoms with Gasteiger partial charge in [0.1, 0.15) is 23.3 Å².